The third-order valence-electron chi connectivity index (χ3n) is 2.97. The molecule has 0 amide bonds. The summed E-state index contributed by atoms with van der Waals surface area (Å²) in [7, 11) is 1.61. The van der Waals surface area contributed by atoms with Crippen molar-refractivity contribution < 1.29 is 13.9 Å². The van der Waals surface area contributed by atoms with Gasteiger partial charge in [0, 0.05) is 19.2 Å². The van der Waals surface area contributed by atoms with Gasteiger partial charge in [0.15, 0.2) is 0 Å². The fourth-order valence-corrected chi connectivity index (χ4v) is 2.29. The molecule has 1 heterocycles. The van der Waals surface area contributed by atoms with E-state index in [9.17, 15) is 4.39 Å². The Kier molecular flexibility index (Phi) is 2.53. The molecule has 76 valence electrons. The minimum absolute atomic E-state index is 0.0534. The van der Waals surface area contributed by atoms with Gasteiger partial charge in [-0.2, -0.15) is 0 Å². The van der Waals surface area contributed by atoms with E-state index in [1.165, 1.54) is 0 Å². The first-order valence-corrected chi connectivity index (χ1v) is 4.74. The standard InChI is InChI=1S/C9H16FNO2/c1-12-6-13-8-4-9(11-5-8)2-7(10)3-9/h7-8,11H,2-6H2,1H3. The number of hydrogen-bond acceptors (Lipinski definition) is 3. The zero-order chi connectivity index (χ0) is 9.31. The quantitative estimate of drug-likeness (QED) is 0.667. The highest BCUT2D eigenvalue weighted by molar-refractivity contribution is 5.07. The zero-order valence-electron chi connectivity index (χ0n) is 7.88. The Balaban J connectivity index is 1.75. The van der Waals surface area contributed by atoms with Crippen LogP contribution in [-0.2, 0) is 9.47 Å². The van der Waals surface area contributed by atoms with Gasteiger partial charge in [-0.05, 0) is 19.3 Å². The maximum absolute atomic E-state index is 12.7. The van der Waals surface area contributed by atoms with Crippen LogP contribution in [-0.4, -0.2) is 38.3 Å². The number of alkyl halides is 1. The fourth-order valence-electron chi connectivity index (χ4n) is 2.29. The van der Waals surface area contributed by atoms with Crippen molar-refractivity contribution in [3.63, 3.8) is 0 Å². The highest BCUT2D eigenvalue weighted by atomic mass is 19.1. The average molecular weight is 189 g/mol. The van der Waals surface area contributed by atoms with Crippen molar-refractivity contribution in [2.45, 2.75) is 37.1 Å². The summed E-state index contributed by atoms with van der Waals surface area (Å²) >= 11 is 0. The molecule has 2 aliphatic rings. The molecule has 1 unspecified atom stereocenters. The van der Waals surface area contributed by atoms with E-state index in [-0.39, 0.29) is 11.6 Å². The van der Waals surface area contributed by atoms with E-state index in [0.29, 0.717) is 19.6 Å². The maximum Gasteiger partial charge on any atom is 0.146 e. The molecule has 2 rings (SSSR count). The Hall–Kier alpha value is -0.190. The molecule has 1 aliphatic carbocycles. The molecule has 13 heavy (non-hydrogen) atoms. The predicted molar refractivity (Wildman–Crippen MR) is 46.2 cm³/mol. The van der Waals surface area contributed by atoms with Gasteiger partial charge in [-0.25, -0.2) is 4.39 Å². The van der Waals surface area contributed by atoms with Crippen LogP contribution in [0.3, 0.4) is 0 Å². The molecule has 1 saturated carbocycles. The van der Waals surface area contributed by atoms with Gasteiger partial charge >= 0.3 is 0 Å². The normalized spacial score (nSPS) is 43.8. The van der Waals surface area contributed by atoms with Gasteiger partial charge in [0.25, 0.3) is 0 Å². The third-order valence-corrected chi connectivity index (χ3v) is 2.97. The monoisotopic (exact) mass is 189 g/mol. The Morgan fingerprint density at radius 1 is 1.46 bits per heavy atom. The van der Waals surface area contributed by atoms with E-state index in [1.807, 2.05) is 0 Å². The molecule has 1 N–H and O–H groups in total. The first-order valence-electron chi connectivity index (χ1n) is 4.74. The molecule has 3 nitrogen and oxygen atoms in total. The molecule has 1 saturated heterocycles. The second kappa shape index (κ2) is 3.52. The van der Waals surface area contributed by atoms with Crippen LogP contribution in [0.1, 0.15) is 19.3 Å². The SMILES string of the molecule is COCOC1CNC2(CC(F)C2)C1. The number of rotatable bonds is 3. The lowest BCUT2D eigenvalue weighted by Crippen LogP contribution is -2.52. The summed E-state index contributed by atoms with van der Waals surface area (Å²) in [6, 6.07) is 0. The second-order valence-corrected chi connectivity index (χ2v) is 4.07. The minimum Gasteiger partial charge on any atom is -0.359 e. The van der Waals surface area contributed by atoms with Gasteiger partial charge in [0.2, 0.25) is 0 Å². The smallest absolute Gasteiger partial charge is 0.146 e. The molecule has 0 aromatic carbocycles. The van der Waals surface area contributed by atoms with Gasteiger partial charge in [-0.1, -0.05) is 0 Å². The molecule has 0 bridgehead atoms. The van der Waals surface area contributed by atoms with Gasteiger partial charge in [0.1, 0.15) is 13.0 Å². The molecule has 1 atom stereocenters. The number of methoxy groups -OCH3 is 1. The molecular formula is C9H16FNO2. The molecule has 0 radical (unpaired) electrons. The largest absolute Gasteiger partial charge is 0.359 e. The molecule has 0 aromatic rings. The van der Waals surface area contributed by atoms with E-state index in [0.717, 1.165) is 13.0 Å². The van der Waals surface area contributed by atoms with Gasteiger partial charge in [-0.15, -0.1) is 0 Å². The van der Waals surface area contributed by atoms with E-state index in [1.54, 1.807) is 7.11 Å². The van der Waals surface area contributed by atoms with Crippen molar-refractivity contribution in [1.29, 1.82) is 0 Å². The molecule has 4 heteroatoms. The van der Waals surface area contributed by atoms with Crippen molar-refractivity contribution in [1.82, 2.24) is 5.32 Å². The number of ether oxygens (including phenoxy) is 2. The summed E-state index contributed by atoms with van der Waals surface area (Å²) in [5.74, 6) is 0. The predicted octanol–water partition coefficient (Wildman–Crippen LogP) is 0.839. The summed E-state index contributed by atoms with van der Waals surface area (Å²) in [6.07, 6.45) is 1.83. The first-order chi connectivity index (χ1) is 6.24. The third kappa shape index (κ3) is 1.85. The van der Waals surface area contributed by atoms with Crippen molar-refractivity contribution in [3.05, 3.63) is 0 Å². The van der Waals surface area contributed by atoms with Crippen molar-refractivity contribution in [2.24, 2.45) is 0 Å². The minimum atomic E-state index is -0.603. The van der Waals surface area contributed by atoms with Crippen LogP contribution in [0, 0.1) is 0 Å². The van der Waals surface area contributed by atoms with Gasteiger partial charge in [0.05, 0.1) is 6.10 Å². The summed E-state index contributed by atoms with van der Waals surface area (Å²) in [5, 5.41) is 3.34. The lowest BCUT2D eigenvalue weighted by atomic mass is 9.74. The highest BCUT2D eigenvalue weighted by Gasteiger charge is 2.49. The highest BCUT2D eigenvalue weighted by Crippen LogP contribution is 2.41. The van der Waals surface area contributed by atoms with Crippen LogP contribution in [0.4, 0.5) is 4.39 Å². The van der Waals surface area contributed by atoms with Crippen LogP contribution in [0.5, 0.6) is 0 Å². The summed E-state index contributed by atoms with van der Waals surface area (Å²) in [5.41, 5.74) is 0.0534. The molecule has 2 fully saturated rings. The van der Waals surface area contributed by atoms with E-state index in [2.05, 4.69) is 5.32 Å². The Bertz CT molecular complexity index is 182. The topological polar surface area (TPSA) is 30.5 Å². The second-order valence-electron chi connectivity index (χ2n) is 4.07. The average Bonchev–Trinajstić information content (AvgIpc) is 2.45. The van der Waals surface area contributed by atoms with Crippen molar-refractivity contribution in [2.75, 3.05) is 20.4 Å². The summed E-state index contributed by atoms with van der Waals surface area (Å²) in [6.45, 7) is 1.16. The van der Waals surface area contributed by atoms with Crippen molar-refractivity contribution >= 4 is 0 Å². The lowest BCUT2D eigenvalue weighted by Gasteiger charge is -2.41. The number of hydrogen-bond donors (Lipinski definition) is 1. The van der Waals surface area contributed by atoms with E-state index in [4.69, 9.17) is 9.47 Å². The molecule has 1 aliphatic heterocycles. The molecular weight excluding hydrogens is 173 g/mol. The number of nitrogens with one attached hydrogen (secondary N) is 1. The van der Waals surface area contributed by atoms with Crippen molar-refractivity contribution in [3.8, 4) is 0 Å². The summed E-state index contributed by atoms with van der Waals surface area (Å²) < 4.78 is 22.9. The lowest BCUT2D eigenvalue weighted by molar-refractivity contribution is -0.0691. The Labute approximate surface area is 77.6 Å². The van der Waals surface area contributed by atoms with Gasteiger partial charge < -0.3 is 14.8 Å². The van der Waals surface area contributed by atoms with Crippen LogP contribution < -0.4 is 5.32 Å². The molecule has 1 spiro atoms. The van der Waals surface area contributed by atoms with E-state index >= 15 is 0 Å². The first kappa shape index (κ1) is 9.37. The van der Waals surface area contributed by atoms with Crippen LogP contribution in [0.25, 0.3) is 0 Å². The van der Waals surface area contributed by atoms with Crippen LogP contribution in [0.15, 0.2) is 0 Å². The van der Waals surface area contributed by atoms with Crippen LogP contribution in [0.2, 0.25) is 0 Å². The number of halogens is 1. The fraction of sp³-hybridized carbons (Fsp3) is 1.00. The Morgan fingerprint density at radius 2 is 2.23 bits per heavy atom. The Morgan fingerprint density at radius 3 is 2.85 bits per heavy atom. The maximum atomic E-state index is 12.7. The molecule has 0 aromatic heterocycles. The van der Waals surface area contributed by atoms with Gasteiger partial charge in [-0.3, -0.25) is 0 Å². The zero-order valence-corrected chi connectivity index (χ0v) is 7.88. The summed E-state index contributed by atoms with van der Waals surface area (Å²) in [4.78, 5) is 0. The van der Waals surface area contributed by atoms with E-state index < -0.39 is 6.17 Å². The van der Waals surface area contributed by atoms with Crippen LogP contribution >= 0.6 is 0 Å².